The maximum atomic E-state index is 12.6. The van der Waals surface area contributed by atoms with E-state index in [0.717, 1.165) is 31.7 Å². The van der Waals surface area contributed by atoms with Crippen LogP contribution in [0.25, 0.3) is 0 Å². The number of benzene rings is 1. The molecule has 0 amide bonds. The fraction of sp³-hybridized carbons (Fsp3) is 0.650. The zero-order valence-electron chi connectivity index (χ0n) is 17.3. The Hall–Kier alpha value is -1.36. The molecule has 0 aromatic heterocycles. The minimum atomic E-state index is -2.91. The first-order chi connectivity index (χ1) is 13.5. The number of halogens is 3. The van der Waals surface area contributed by atoms with Gasteiger partial charge in [0, 0.05) is 26.8 Å². The zero-order chi connectivity index (χ0) is 20.4. The third-order valence-corrected chi connectivity index (χ3v) is 5.09. The second-order valence-corrected chi connectivity index (χ2v) is 7.01. The fourth-order valence-electron chi connectivity index (χ4n) is 3.30. The Bertz CT molecular complexity index is 643. The summed E-state index contributed by atoms with van der Waals surface area (Å²) < 4.78 is 40.0. The van der Waals surface area contributed by atoms with Crippen LogP contribution in [0, 0.1) is 5.41 Å². The Kier molecular flexibility index (Phi) is 11.6. The highest BCUT2D eigenvalue weighted by Gasteiger charge is 2.36. The molecule has 1 aromatic carbocycles. The van der Waals surface area contributed by atoms with E-state index in [4.69, 9.17) is 9.47 Å². The van der Waals surface area contributed by atoms with E-state index in [-0.39, 0.29) is 40.9 Å². The standard InChI is InChI=1S/C20H31F2N3O3.HI/c1-4-23-19(25-14-20(8-5-9-20)10-11-26-2)24-13-15-6-7-16(27-3)17(12-15)28-18(21)22;/h6-7,12,18H,4-5,8-11,13-14H2,1-3H3,(H2,23,24,25);1H. The summed E-state index contributed by atoms with van der Waals surface area (Å²) in [6.07, 6.45) is 4.66. The highest BCUT2D eigenvalue weighted by Crippen LogP contribution is 2.43. The van der Waals surface area contributed by atoms with Gasteiger partial charge in [0.25, 0.3) is 0 Å². The van der Waals surface area contributed by atoms with Gasteiger partial charge in [0.15, 0.2) is 17.5 Å². The quantitative estimate of drug-likeness (QED) is 0.257. The average Bonchev–Trinajstić information content (AvgIpc) is 2.64. The van der Waals surface area contributed by atoms with E-state index in [9.17, 15) is 8.78 Å². The Morgan fingerprint density at radius 1 is 1.21 bits per heavy atom. The van der Waals surface area contributed by atoms with Crippen LogP contribution < -0.4 is 20.1 Å². The van der Waals surface area contributed by atoms with E-state index in [1.807, 2.05) is 6.92 Å². The first kappa shape index (κ1) is 25.7. The zero-order valence-corrected chi connectivity index (χ0v) is 19.6. The summed E-state index contributed by atoms with van der Waals surface area (Å²) in [7, 11) is 3.14. The molecule has 0 unspecified atom stereocenters. The number of rotatable bonds is 11. The fourth-order valence-corrected chi connectivity index (χ4v) is 3.30. The largest absolute Gasteiger partial charge is 0.493 e. The summed E-state index contributed by atoms with van der Waals surface area (Å²) in [5, 5.41) is 6.65. The number of nitrogens with one attached hydrogen (secondary N) is 2. The highest BCUT2D eigenvalue weighted by atomic mass is 127. The Morgan fingerprint density at radius 2 is 1.97 bits per heavy atom. The van der Waals surface area contributed by atoms with Crippen LogP contribution in [0.1, 0.15) is 38.2 Å². The second-order valence-electron chi connectivity index (χ2n) is 7.01. The van der Waals surface area contributed by atoms with Crippen molar-refractivity contribution < 1.29 is 23.0 Å². The number of aliphatic imine (C=N–C) groups is 1. The van der Waals surface area contributed by atoms with Gasteiger partial charge in [-0.2, -0.15) is 8.78 Å². The molecule has 1 fully saturated rings. The van der Waals surface area contributed by atoms with Crippen molar-refractivity contribution >= 4 is 29.9 Å². The molecule has 0 spiro atoms. The van der Waals surface area contributed by atoms with E-state index >= 15 is 0 Å². The molecule has 2 rings (SSSR count). The smallest absolute Gasteiger partial charge is 0.387 e. The molecule has 1 aromatic rings. The van der Waals surface area contributed by atoms with Gasteiger partial charge in [0.1, 0.15) is 0 Å². The molecule has 29 heavy (non-hydrogen) atoms. The normalized spacial score (nSPS) is 15.3. The third kappa shape index (κ3) is 8.12. The lowest BCUT2D eigenvalue weighted by Crippen LogP contribution is -2.46. The number of methoxy groups -OCH3 is 2. The average molecular weight is 527 g/mol. The van der Waals surface area contributed by atoms with Crippen LogP contribution in [0.5, 0.6) is 11.5 Å². The van der Waals surface area contributed by atoms with Crippen molar-refractivity contribution in [3.05, 3.63) is 23.8 Å². The van der Waals surface area contributed by atoms with Crippen LogP contribution >= 0.6 is 24.0 Å². The van der Waals surface area contributed by atoms with Crippen LogP contribution in [-0.4, -0.2) is 46.5 Å². The first-order valence-electron chi connectivity index (χ1n) is 9.65. The molecule has 0 radical (unpaired) electrons. The molecule has 1 aliphatic rings. The van der Waals surface area contributed by atoms with Crippen LogP contribution in [-0.2, 0) is 11.3 Å². The van der Waals surface area contributed by atoms with Gasteiger partial charge < -0.3 is 24.8 Å². The molecular weight excluding hydrogens is 495 g/mol. The monoisotopic (exact) mass is 527 g/mol. The Morgan fingerprint density at radius 3 is 2.52 bits per heavy atom. The summed E-state index contributed by atoms with van der Waals surface area (Å²) in [6, 6.07) is 4.93. The van der Waals surface area contributed by atoms with Crippen LogP contribution in [0.15, 0.2) is 23.2 Å². The van der Waals surface area contributed by atoms with Gasteiger partial charge in [-0.15, -0.1) is 24.0 Å². The second kappa shape index (κ2) is 13.0. The van der Waals surface area contributed by atoms with E-state index < -0.39 is 6.61 Å². The molecule has 0 atom stereocenters. The van der Waals surface area contributed by atoms with E-state index in [1.54, 1.807) is 19.2 Å². The van der Waals surface area contributed by atoms with Crippen molar-refractivity contribution in [2.24, 2.45) is 10.4 Å². The van der Waals surface area contributed by atoms with Crippen molar-refractivity contribution in [3.63, 3.8) is 0 Å². The van der Waals surface area contributed by atoms with E-state index in [1.165, 1.54) is 32.4 Å². The van der Waals surface area contributed by atoms with Crippen molar-refractivity contribution in [1.82, 2.24) is 10.6 Å². The van der Waals surface area contributed by atoms with E-state index in [2.05, 4.69) is 20.4 Å². The predicted molar refractivity (Wildman–Crippen MR) is 121 cm³/mol. The number of hydrogen-bond donors (Lipinski definition) is 2. The third-order valence-electron chi connectivity index (χ3n) is 5.09. The van der Waals surface area contributed by atoms with Gasteiger partial charge in [0.2, 0.25) is 0 Å². The number of guanidine groups is 1. The number of ether oxygens (including phenoxy) is 3. The van der Waals surface area contributed by atoms with E-state index in [0.29, 0.717) is 12.5 Å². The van der Waals surface area contributed by atoms with Crippen molar-refractivity contribution in [2.45, 2.75) is 45.8 Å². The first-order valence-corrected chi connectivity index (χ1v) is 9.65. The van der Waals surface area contributed by atoms with Gasteiger partial charge >= 0.3 is 6.61 Å². The molecule has 9 heteroatoms. The number of alkyl halides is 2. The Balaban J connectivity index is 0.00000420. The lowest BCUT2D eigenvalue weighted by atomic mass is 9.67. The van der Waals surface area contributed by atoms with Crippen LogP contribution in [0.3, 0.4) is 0 Å². The van der Waals surface area contributed by atoms with Gasteiger partial charge in [-0.3, -0.25) is 0 Å². The molecule has 0 heterocycles. The summed E-state index contributed by atoms with van der Waals surface area (Å²) in [5.41, 5.74) is 1.02. The lowest BCUT2D eigenvalue weighted by Gasteiger charge is -2.42. The number of hydrogen-bond acceptors (Lipinski definition) is 4. The van der Waals surface area contributed by atoms with Crippen molar-refractivity contribution in [3.8, 4) is 11.5 Å². The molecule has 6 nitrogen and oxygen atoms in total. The summed E-state index contributed by atoms with van der Waals surface area (Å²) >= 11 is 0. The molecule has 1 aliphatic carbocycles. The molecule has 0 bridgehead atoms. The minimum absolute atomic E-state index is 0. The minimum Gasteiger partial charge on any atom is -0.493 e. The molecule has 166 valence electrons. The van der Waals surface area contributed by atoms with Crippen LogP contribution in [0.4, 0.5) is 8.78 Å². The lowest BCUT2D eigenvalue weighted by molar-refractivity contribution is -0.0512. The SMILES string of the molecule is CCNC(=NCc1ccc(OC)c(OC(F)F)c1)NCC1(CCOC)CCC1.I. The maximum absolute atomic E-state index is 12.6. The summed E-state index contributed by atoms with van der Waals surface area (Å²) in [4.78, 5) is 4.58. The van der Waals surface area contributed by atoms with Gasteiger partial charge in [-0.05, 0) is 49.3 Å². The van der Waals surface area contributed by atoms with Crippen molar-refractivity contribution in [2.75, 3.05) is 33.9 Å². The van der Waals surface area contributed by atoms with Crippen molar-refractivity contribution in [1.29, 1.82) is 0 Å². The molecule has 2 N–H and O–H groups in total. The number of nitrogens with zero attached hydrogens (tertiary/aromatic N) is 1. The maximum Gasteiger partial charge on any atom is 0.387 e. The summed E-state index contributed by atoms with van der Waals surface area (Å²) in [6.45, 7) is 1.77. The summed E-state index contributed by atoms with van der Waals surface area (Å²) in [5.74, 6) is 0.984. The van der Waals surface area contributed by atoms with Gasteiger partial charge in [-0.1, -0.05) is 12.5 Å². The highest BCUT2D eigenvalue weighted by molar-refractivity contribution is 14.0. The molecule has 0 aliphatic heterocycles. The Labute approximate surface area is 188 Å². The van der Waals surface area contributed by atoms with Gasteiger partial charge in [0.05, 0.1) is 13.7 Å². The van der Waals surface area contributed by atoms with Gasteiger partial charge in [-0.25, -0.2) is 4.99 Å². The molecule has 0 saturated heterocycles. The topological polar surface area (TPSA) is 64.1 Å². The van der Waals surface area contributed by atoms with Crippen LogP contribution in [0.2, 0.25) is 0 Å². The molecule has 1 saturated carbocycles. The molecular formula is C20H32F2IN3O3. The predicted octanol–water partition coefficient (Wildman–Crippen LogP) is 4.18.